The van der Waals surface area contributed by atoms with Crippen molar-refractivity contribution < 1.29 is 4.79 Å². The van der Waals surface area contributed by atoms with Gasteiger partial charge in [-0.2, -0.15) is 0 Å². The topological polar surface area (TPSA) is 17.1 Å². The largest absolute Gasteiger partial charge is 0.299 e. The Bertz CT molecular complexity index is 335. The van der Waals surface area contributed by atoms with Gasteiger partial charge >= 0.3 is 0 Å². The van der Waals surface area contributed by atoms with E-state index in [1.54, 1.807) is 0 Å². The van der Waals surface area contributed by atoms with E-state index in [-0.39, 0.29) is 0 Å². The molecule has 18 heavy (non-hydrogen) atoms. The van der Waals surface area contributed by atoms with Crippen LogP contribution >= 0.6 is 0 Å². The fraction of sp³-hybridized carbons (Fsp3) is 0.941. The molecule has 5 aliphatic carbocycles. The lowest BCUT2D eigenvalue weighted by molar-refractivity contribution is -0.144. The molecule has 1 nitrogen and oxygen atoms in total. The van der Waals surface area contributed by atoms with E-state index in [4.69, 9.17) is 0 Å². The first-order chi connectivity index (χ1) is 8.64. The van der Waals surface area contributed by atoms with Crippen LogP contribution in [0.2, 0.25) is 0 Å². The Balaban J connectivity index is 1.64. The molecule has 5 saturated carbocycles. The van der Waals surface area contributed by atoms with Gasteiger partial charge in [0.1, 0.15) is 5.78 Å². The quantitative estimate of drug-likeness (QED) is 0.677. The van der Waals surface area contributed by atoms with Crippen LogP contribution in [0.4, 0.5) is 0 Å². The van der Waals surface area contributed by atoms with E-state index in [1.165, 1.54) is 44.9 Å². The summed E-state index contributed by atoms with van der Waals surface area (Å²) < 4.78 is 0. The van der Waals surface area contributed by atoms with Crippen molar-refractivity contribution in [3.63, 3.8) is 0 Å². The third kappa shape index (κ3) is 1.62. The molecule has 100 valence electrons. The van der Waals surface area contributed by atoms with Crippen LogP contribution in [-0.2, 0) is 4.79 Å². The number of rotatable bonds is 1. The number of hydrogen-bond donors (Lipinski definition) is 0. The highest BCUT2D eigenvalue weighted by Gasteiger charge is 2.56. The van der Waals surface area contributed by atoms with Gasteiger partial charge in [0, 0.05) is 12.3 Å². The average molecular weight is 246 g/mol. The van der Waals surface area contributed by atoms with E-state index in [1.807, 2.05) is 0 Å². The summed E-state index contributed by atoms with van der Waals surface area (Å²) >= 11 is 0. The zero-order valence-corrected chi connectivity index (χ0v) is 11.7. The van der Waals surface area contributed by atoms with Gasteiger partial charge in [-0.05, 0) is 80.5 Å². The molecule has 0 aromatic carbocycles. The molecule has 1 heteroatoms. The molecule has 5 fully saturated rings. The SMILES string of the molecule is C[C@@H]1CCC(=O)[C@H](C23CC4CC(CC(C4)C2)C3)C1. The number of carbonyl (C=O) groups is 1. The van der Waals surface area contributed by atoms with Gasteiger partial charge in [-0.25, -0.2) is 0 Å². The van der Waals surface area contributed by atoms with Gasteiger partial charge in [-0.15, -0.1) is 0 Å². The number of hydrogen-bond acceptors (Lipinski definition) is 1. The van der Waals surface area contributed by atoms with Crippen molar-refractivity contribution >= 4 is 5.78 Å². The van der Waals surface area contributed by atoms with Crippen molar-refractivity contribution in [1.29, 1.82) is 0 Å². The lowest BCUT2D eigenvalue weighted by Crippen LogP contribution is -2.52. The fourth-order valence-electron chi connectivity index (χ4n) is 6.41. The van der Waals surface area contributed by atoms with Gasteiger partial charge in [0.05, 0.1) is 0 Å². The third-order valence-corrected chi connectivity index (χ3v) is 6.74. The molecular formula is C17H26O. The van der Waals surface area contributed by atoms with Crippen LogP contribution in [0.3, 0.4) is 0 Å². The highest BCUT2D eigenvalue weighted by Crippen LogP contribution is 2.64. The van der Waals surface area contributed by atoms with Crippen molar-refractivity contribution in [3.8, 4) is 0 Å². The highest BCUT2D eigenvalue weighted by molar-refractivity contribution is 5.82. The second kappa shape index (κ2) is 3.84. The van der Waals surface area contributed by atoms with Gasteiger partial charge in [0.15, 0.2) is 0 Å². The highest BCUT2D eigenvalue weighted by atomic mass is 16.1. The third-order valence-electron chi connectivity index (χ3n) is 6.74. The molecule has 0 aromatic heterocycles. The number of Topliss-reactive ketones (excluding diaryl/α,β-unsaturated/α-hetero) is 1. The van der Waals surface area contributed by atoms with Crippen LogP contribution < -0.4 is 0 Å². The Labute approximate surface area is 111 Å². The Morgan fingerprint density at radius 2 is 1.50 bits per heavy atom. The van der Waals surface area contributed by atoms with Crippen LogP contribution in [0.15, 0.2) is 0 Å². The smallest absolute Gasteiger partial charge is 0.136 e. The maximum absolute atomic E-state index is 12.5. The van der Waals surface area contributed by atoms with Crippen molar-refractivity contribution in [3.05, 3.63) is 0 Å². The maximum Gasteiger partial charge on any atom is 0.136 e. The van der Waals surface area contributed by atoms with Gasteiger partial charge in [-0.3, -0.25) is 4.79 Å². The van der Waals surface area contributed by atoms with E-state index in [9.17, 15) is 4.79 Å². The van der Waals surface area contributed by atoms with Gasteiger partial charge in [0.25, 0.3) is 0 Å². The summed E-state index contributed by atoms with van der Waals surface area (Å²) in [6.45, 7) is 2.36. The van der Waals surface area contributed by atoms with E-state index in [2.05, 4.69) is 6.92 Å². The molecule has 0 amide bonds. The average Bonchev–Trinajstić information content (AvgIpc) is 2.30. The zero-order chi connectivity index (χ0) is 12.3. The minimum atomic E-state index is 0.453. The minimum Gasteiger partial charge on any atom is -0.299 e. The second-order valence-corrected chi connectivity index (χ2v) is 8.18. The molecule has 5 rings (SSSR count). The molecule has 0 N–H and O–H groups in total. The van der Waals surface area contributed by atoms with Crippen LogP contribution in [0, 0.1) is 35.0 Å². The van der Waals surface area contributed by atoms with Crippen molar-refractivity contribution in [2.45, 2.75) is 64.7 Å². The molecule has 0 radical (unpaired) electrons. The van der Waals surface area contributed by atoms with Gasteiger partial charge in [0.2, 0.25) is 0 Å². The molecule has 0 unspecified atom stereocenters. The lowest BCUT2D eigenvalue weighted by atomic mass is 9.45. The monoisotopic (exact) mass is 246 g/mol. The molecule has 0 heterocycles. The van der Waals surface area contributed by atoms with E-state index in [0.29, 0.717) is 17.1 Å². The maximum atomic E-state index is 12.5. The predicted octanol–water partition coefficient (Wildman–Crippen LogP) is 4.21. The summed E-state index contributed by atoms with van der Waals surface area (Å²) in [6, 6.07) is 0. The molecular weight excluding hydrogens is 220 g/mol. The van der Waals surface area contributed by atoms with Crippen LogP contribution in [0.1, 0.15) is 64.7 Å². The molecule has 4 bridgehead atoms. The van der Waals surface area contributed by atoms with Crippen molar-refractivity contribution in [2.75, 3.05) is 0 Å². The summed E-state index contributed by atoms with van der Waals surface area (Å²) in [5.41, 5.74) is 0.473. The summed E-state index contributed by atoms with van der Waals surface area (Å²) in [5, 5.41) is 0. The standard InChI is InChI=1S/C17H26O/c1-11-2-3-16(18)15(4-11)17-8-12-5-13(9-17)7-14(6-12)10-17/h11-15H,2-10H2,1H3/t11-,12?,13?,14?,15-,17?/m1/s1. The molecule has 0 aromatic rings. The fourth-order valence-corrected chi connectivity index (χ4v) is 6.41. The molecule has 5 aliphatic rings. The van der Waals surface area contributed by atoms with Crippen LogP contribution in [0.5, 0.6) is 0 Å². The van der Waals surface area contributed by atoms with Gasteiger partial charge in [-0.1, -0.05) is 6.92 Å². The zero-order valence-electron chi connectivity index (χ0n) is 11.7. The normalized spacial score (nSPS) is 54.9. The van der Waals surface area contributed by atoms with Crippen LogP contribution in [0.25, 0.3) is 0 Å². The first-order valence-electron chi connectivity index (χ1n) is 8.17. The number of ketones is 1. The Morgan fingerprint density at radius 3 is 2.06 bits per heavy atom. The summed E-state index contributed by atoms with van der Waals surface area (Å²) in [7, 11) is 0. The van der Waals surface area contributed by atoms with Crippen molar-refractivity contribution in [1.82, 2.24) is 0 Å². The second-order valence-electron chi connectivity index (χ2n) is 8.18. The van der Waals surface area contributed by atoms with E-state index in [0.717, 1.165) is 36.5 Å². The van der Waals surface area contributed by atoms with E-state index >= 15 is 0 Å². The van der Waals surface area contributed by atoms with Crippen molar-refractivity contribution in [2.24, 2.45) is 35.0 Å². The molecule has 0 aliphatic heterocycles. The molecule has 2 atom stereocenters. The van der Waals surface area contributed by atoms with Crippen LogP contribution in [-0.4, -0.2) is 5.78 Å². The Hall–Kier alpha value is -0.330. The summed E-state index contributed by atoms with van der Waals surface area (Å²) in [6.07, 6.45) is 12.0. The number of carbonyl (C=O) groups excluding carboxylic acids is 1. The van der Waals surface area contributed by atoms with Gasteiger partial charge < -0.3 is 0 Å². The first-order valence-corrected chi connectivity index (χ1v) is 8.17. The molecule has 0 spiro atoms. The minimum absolute atomic E-state index is 0.453. The first kappa shape index (κ1) is 11.5. The Kier molecular flexibility index (Phi) is 2.45. The predicted molar refractivity (Wildman–Crippen MR) is 72.1 cm³/mol. The Morgan fingerprint density at radius 1 is 0.944 bits per heavy atom. The summed E-state index contributed by atoms with van der Waals surface area (Å²) in [4.78, 5) is 12.5. The summed E-state index contributed by atoms with van der Waals surface area (Å²) in [5.74, 6) is 4.84. The lowest BCUT2D eigenvalue weighted by Gasteiger charge is -2.60. The molecule has 0 saturated heterocycles. The van der Waals surface area contributed by atoms with E-state index < -0.39 is 0 Å².